The lowest BCUT2D eigenvalue weighted by molar-refractivity contribution is 0.273. The van der Waals surface area contributed by atoms with Gasteiger partial charge in [-0.1, -0.05) is 26.7 Å². The number of H-pyrrole nitrogens is 1. The second kappa shape index (κ2) is 10.1. The molecule has 0 aliphatic rings. The van der Waals surface area contributed by atoms with Gasteiger partial charge in [0.1, 0.15) is 6.61 Å². The number of fused-ring (bicyclic) bond motifs is 1. The average molecular weight is 359 g/mol. The van der Waals surface area contributed by atoms with Gasteiger partial charge in [0, 0.05) is 18.2 Å². The van der Waals surface area contributed by atoms with Gasteiger partial charge in [-0.3, -0.25) is 14.3 Å². The first-order chi connectivity index (χ1) is 11.4. The van der Waals surface area contributed by atoms with Gasteiger partial charge in [0.2, 0.25) is 0 Å². The highest BCUT2D eigenvalue weighted by Gasteiger charge is 2.12. The molecule has 0 aliphatic carbocycles. The van der Waals surface area contributed by atoms with Crippen LogP contribution in [0.1, 0.15) is 39.5 Å². The highest BCUT2D eigenvalue weighted by molar-refractivity contribution is 7.32. The van der Waals surface area contributed by atoms with Crippen molar-refractivity contribution >= 4 is 19.4 Å². The summed E-state index contributed by atoms with van der Waals surface area (Å²) in [5.41, 5.74) is -0.321. The van der Waals surface area contributed by atoms with Gasteiger partial charge >= 0.3 is 13.9 Å². The molecule has 10 heteroatoms. The first-order valence-electron chi connectivity index (χ1n) is 7.85. The van der Waals surface area contributed by atoms with E-state index in [1.54, 1.807) is 4.57 Å². The lowest BCUT2D eigenvalue weighted by Crippen LogP contribution is -2.29. The molecule has 0 fully saturated rings. The Kier molecular flexibility index (Phi) is 8.53. The van der Waals surface area contributed by atoms with E-state index < -0.39 is 19.5 Å². The zero-order valence-electron chi connectivity index (χ0n) is 14.2. The normalized spacial score (nSPS) is 11.2. The van der Waals surface area contributed by atoms with Crippen molar-refractivity contribution in [3.8, 4) is 0 Å². The summed E-state index contributed by atoms with van der Waals surface area (Å²) in [6.45, 7) is 5.04. The van der Waals surface area contributed by atoms with E-state index in [0.29, 0.717) is 30.6 Å². The zero-order valence-corrected chi connectivity index (χ0v) is 15.1. The standard InChI is InChI=1S/C10H13N4O5P.C4H10/c1-13-8-7(9(15)12-10(13)16)14(6-11-8)4-2-3-5-19-20(17)18;1-3-4-2/h6H,2-5H2,1H3,(H-,12,15,16,17,18);3-4H2,1-2H3/p+1. The number of aromatic amines is 1. The van der Waals surface area contributed by atoms with Gasteiger partial charge in [0.25, 0.3) is 5.56 Å². The Labute approximate surface area is 140 Å². The minimum absolute atomic E-state index is 0.174. The monoisotopic (exact) mass is 359 g/mol. The molecule has 2 aromatic rings. The van der Waals surface area contributed by atoms with Crippen LogP contribution in [0.2, 0.25) is 0 Å². The van der Waals surface area contributed by atoms with Crippen molar-refractivity contribution in [2.45, 2.75) is 46.1 Å². The Morgan fingerprint density at radius 2 is 1.96 bits per heavy atom. The van der Waals surface area contributed by atoms with Crippen LogP contribution in [0.3, 0.4) is 0 Å². The minimum Gasteiger partial charge on any atom is -0.325 e. The third-order valence-corrected chi connectivity index (χ3v) is 3.77. The van der Waals surface area contributed by atoms with E-state index >= 15 is 0 Å². The Balaban J connectivity index is 0.000000648. The summed E-state index contributed by atoms with van der Waals surface area (Å²) in [6, 6.07) is 0. The fourth-order valence-corrected chi connectivity index (χ4v) is 2.17. The van der Waals surface area contributed by atoms with Crippen LogP contribution in [0.25, 0.3) is 11.2 Å². The molecule has 0 amide bonds. The van der Waals surface area contributed by atoms with Crippen LogP contribution < -0.4 is 11.2 Å². The maximum absolute atomic E-state index is 11.8. The third-order valence-electron chi connectivity index (χ3n) is 3.37. The molecule has 2 heterocycles. The van der Waals surface area contributed by atoms with Gasteiger partial charge in [-0.05, 0) is 12.8 Å². The Bertz CT molecular complexity index is 778. The molecule has 24 heavy (non-hydrogen) atoms. The van der Waals surface area contributed by atoms with Gasteiger partial charge < -0.3 is 4.57 Å². The number of unbranched alkanes of at least 4 members (excludes halogenated alkanes) is 2. The predicted molar refractivity (Wildman–Crippen MR) is 91.2 cm³/mol. The van der Waals surface area contributed by atoms with Crippen molar-refractivity contribution in [1.29, 1.82) is 0 Å². The Hall–Kier alpha value is -1.83. The van der Waals surface area contributed by atoms with Gasteiger partial charge in [0.05, 0.1) is 6.33 Å². The molecule has 0 aromatic carbocycles. The molecule has 1 atom stereocenters. The smallest absolute Gasteiger partial charge is 0.325 e. The molecule has 2 N–H and O–H groups in total. The maximum Gasteiger partial charge on any atom is 0.694 e. The molecule has 0 saturated carbocycles. The molecular weight excluding hydrogens is 335 g/mol. The van der Waals surface area contributed by atoms with Crippen LogP contribution in [0.5, 0.6) is 0 Å². The van der Waals surface area contributed by atoms with Crippen molar-refractivity contribution in [3.05, 3.63) is 27.2 Å². The van der Waals surface area contributed by atoms with E-state index in [1.165, 1.54) is 30.8 Å². The van der Waals surface area contributed by atoms with E-state index in [1.807, 2.05) is 0 Å². The first kappa shape index (κ1) is 20.2. The van der Waals surface area contributed by atoms with E-state index in [9.17, 15) is 14.2 Å². The molecule has 2 rings (SSSR count). The van der Waals surface area contributed by atoms with E-state index in [0.717, 1.165) is 0 Å². The lowest BCUT2D eigenvalue weighted by atomic mass is 10.3. The zero-order chi connectivity index (χ0) is 18.1. The fraction of sp³-hybridized carbons (Fsp3) is 0.643. The van der Waals surface area contributed by atoms with Gasteiger partial charge in [-0.2, -0.15) is 0 Å². The number of nitrogens with one attached hydrogen (secondary N) is 1. The summed E-state index contributed by atoms with van der Waals surface area (Å²) in [6.07, 6.45) is 5.36. The maximum atomic E-state index is 11.8. The average Bonchev–Trinajstić information content (AvgIpc) is 2.97. The van der Waals surface area contributed by atoms with Gasteiger partial charge in [-0.15, -0.1) is 9.42 Å². The minimum atomic E-state index is -2.57. The number of hydrogen-bond acceptors (Lipinski definition) is 5. The molecular formula is C14H24N4O5P+. The second-order valence-electron chi connectivity index (χ2n) is 5.21. The third kappa shape index (κ3) is 5.67. The summed E-state index contributed by atoms with van der Waals surface area (Å²) in [5.74, 6) is 0. The fourth-order valence-electron chi connectivity index (χ4n) is 1.88. The number of nitrogens with zero attached hydrogens (tertiary/aromatic N) is 3. The summed E-state index contributed by atoms with van der Waals surface area (Å²) in [5, 5.41) is 0. The molecule has 0 saturated heterocycles. The van der Waals surface area contributed by atoms with Crippen molar-refractivity contribution in [3.63, 3.8) is 0 Å². The molecule has 0 aliphatic heterocycles. The topological polar surface area (TPSA) is 119 Å². The summed E-state index contributed by atoms with van der Waals surface area (Å²) >= 11 is 0. The van der Waals surface area contributed by atoms with Crippen LogP contribution in [-0.2, 0) is 22.7 Å². The SMILES string of the molecule is CCCC.Cn1c(=O)[nH]c(=O)c2c1ncn2CCCCO[P+](=O)O. The van der Waals surface area contributed by atoms with Crippen molar-refractivity contribution in [1.82, 2.24) is 19.1 Å². The van der Waals surface area contributed by atoms with Crippen LogP contribution in [0, 0.1) is 0 Å². The van der Waals surface area contributed by atoms with Crippen molar-refractivity contribution < 1.29 is 14.0 Å². The highest BCUT2D eigenvalue weighted by atomic mass is 31.1. The van der Waals surface area contributed by atoms with Crippen molar-refractivity contribution in [2.75, 3.05) is 6.61 Å². The Morgan fingerprint density at radius 3 is 2.54 bits per heavy atom. The first-order valence-corrected chi connectivity index (χ1v) is 8.98. The van der Waals surface area contributed by atoms with Crippen molar-refractivity contribution in [2.24, 2.45) is 7.05 Å². The van der Waals surface area contributed by atoms with Gasteiger partial charge in [-0.25, -0.2) is 9.78 Å². The molecule has 1 unspecified atom stereocenters. The lowest BCUT2D eigenvalue weighted by Gasteiger charge is -2.03. The number of aromatic nitrogens is 4. The van der Waals surface area contributed by atoms with Crippen LogP contribution in [-0.4, -0.2) is 30.6 Å². The van der Waals surface area contributed by atoms with E-state index in [4.69, 9.17) is 4.89 Å². The van der Waals surface area contributed by atoms with E-state index in [2.05, 4.69) is 28.3 Å². The largest absolute Gasteiger partial charge is 0.694 e. The van der Waals surface area contributed by atoms with Crippen LogP contribution in [0.15, 0.2) is 15.9 Å². The number of aryl methyl sites for hydroxylation is 2. The second-order valence-corrected chi connectivity index (χ2v) is 5.94. The highest BCUT2D eigenvalue weighted by Crippen LogP contribution is 2.15. The number of rotatable bonds is 7. The van der Waals surface area contributed by atoms with E-state index in [-0.39, 0.29) is 6.61 Å². The Morgan fingerprint density at radius 1 is 1.29 bits per heavy atom. The molecule has 0 radical (unpaired) electrons. The quantitative estimate of drug-likeness (QED) is 0.573. The number of imidazole rings is 1. The van der Waals surface area contributed by atoms with Gasteiger partial charge in [0.15, 0.2) is 11.2 Å². The van der Waals surface area contributed by atoms with Crippen LogP contribution in [0.4, 0.5) is 0 Å². The van der Waals surface area contributed by atoms with Crippen LogP contribution >= 0.6 is 8.25 Å². The number of hydrogen-bond donors (Lipinski definition) is 2. The molecule has 0 bridgehead atoms. The molecule has 134 valence electrons. The molecule has 2 aromatic heterocycles. The summed E-state index contributed by atoms with van der Waals surface area (Å²) < 4.78 is 17.8. The predicted octanol–water partition coefficient (Wildman–Crippen LogP) is 1.68. The molecule has 0 spiro atoms. The summed E-state index contributed by atoms with van der Waals surface area (Å²) in [7, 11) is -1.03. The molecule has 9 nitrogen and oxygen atoms in total. The summed E-state index contributed by atoms with van der Waals surface area (Å²) in [4.78, 5) is 37.9.